The van der Waals surface area contributed by atoms with E-state index in [0.717, 1.165) is 18.4 Å². The van der Waals surface area contributed by atoms with Gasteiger partial charge in [0.1, 0.15) is 23.8 Å². The zero-order chi connectivity index (χ0) is 21.3. The molecule has 0 unspecified atom stereocenters. The molecular weight excluding hydrogens is 406 g/mol. The van der Waals surface area contributed by atoms with E-state index >= 15 is 0 Å². The second-order valence-electron chi connectivity index (χ2n) is 7.96. The van der Waals surface area contributed by atoms with Crippen molar-refractivity contribution < 1.29 is 22.7 Å². The lowest BCUT2D eigenvalue weighted by Gasteiger charge is -2.25. The van der Waals surface area contributed by atoms with Gasteiger partial charge in [-0.15, -0.1) is 0 Å². The Kier molecular flexibility index (Phi) is 5.75. The zero-order valence-electron chi connectivity index (χ0n) is 17.2. The molecular formula is C21H27N3O5S. The number of amides is 1. The molecule has 0 radical (unpaired) electrons. The summed E-state index contributed by atoms with van der Waals surface area (Å²) in [6.07, 6.45) is 3.11. The summed E-state index contributed by atoms with van der Waals surface area (Å²) < 4.78 is 38.1. The monoisotopic (exact) mass is 433 g/mol. The van der Waals surface area contributed by atoms with Gasteiger partial charge in [-0.25, -0.2) is 8.42 Å². The summed E-state index contributed by atoms with van der Waals surface area (Å²) in [7, 11) is -3.57. The van der Waals surface area contributed by atoms with Crippen LogP contribution in [0.1, 0.15) is 48.8 Å². The van der Waals surface area contributed by atoms with Crippen LogP contribution in [0.5, 0.6) is 11.5 Å². The van der Waals surface area contributed by atoms with Gasteiger partial charge >= 0.3 is 0 Å². The molecule has 9 heteroatoms. The molecule has 1 fully saturated rings. The minimum Gasteiger partial charge on any atom is -0.486 e. The molecule has 1 saturated heterocycles. The highest BCUT2D eigenvalue weighted by Gasteiger charge is 2.29. The molecule has 1 aromatic heterocycles. The largest absolute Gasteiger partial charge is 0.486 e. The number of aromatic nitrogens is 1. The number of nitrogens with zero attached hydrogens (tertiary/aromatic N) is 1. The standard InChI is InChI=1S/C21H27N3O5S/c1-14(2)20(15-5-6-18-19(11-15)29-10-9-28-18)23-21(25)17-12-16(13-22-17)30(26,27)24-7-3-4-8-24/h5-6,11-14,20,22H,3-4,7-10H2,1-2H3,(H,23,25)/t20-/m1/s1. The maximum atomic E-state index is 12.9. The fourth-order valence-electron chi connectivity index (χ4n) is 3.84. The summed E-state index contributed by atoms with van der Waals surface area (Å²) in [5.41, 5.74) is 1.12. The van der Waals surface area contributed by atoms with Gasteiger partial charge in [0, 0.05) is 19.3 Å². The number of carbonyl (C=O) groups is 1. The molecule has 2 aromatic rings. The Labute approximate surface area is 176 Å². The predicted octanol–water partition coefficient (Wildman–Crippen LogP) is 2.70. The molecule has 2 N–H and O–H groups in total. The van der Waals surface area contributed by atoms with E-state index in [1.165, 1.54) is 16.6 Å². The van der Waals surface area contributed by atoms with E-state index in [-0.39, 0.29) is 28.5 Å². The first-order chi connectivity index (χ1) is 14.4. The predicted molar refractivity (Wildman–Crippen MR) is 111 cm³/mol. The number of sulfonamides is 1. The number of rotatable bonds is 6. The van der Waals surface area contributed by atoms with Gasteiger partial charge in [-0.1, -0.05) is 19.9 Å². The van der Waals surface area contributed by atoms with Crippen LogP contribution in [0.15, 0.2) is 35.4 Å². The lowest BCUT2D eigenvalue weighted by molar-refractivity contribution is 0.0921. The first kappa shape index (κ1) is 20.7. The smallest absolute Gasteiger partial charge is 0.268 e. The number of benzene rings is 1. The highest BCUT2D eigenvalue weighted by atomic mass is 32.2. The number of hydrogen-bond donors (Lipinski definition) is 2. The Balaban J connectivity index is 1.52. The van der Waals surface area contributed by atoms with Crippen LogP contribution < -0.4 is 14.8 Å². The molecule has 30 heavy (non-hydrogen) atoms. The topological polar surface area (TPSA) is 101 Å². The average Bonchev–Trinajstić information content (AvgIpc) is 3.44. The van der Waals surface area contributed by atoms with Crippen molar-refractivity contribution in [3.63, 3.8) is 0 Å². The van der Waals surface area contributed by atoms with E-state index in [4.69, 9.17) is 9.47 Å². The number of nitrogens with one attached hydrogen (secondary N) is 2. The second-order valence-corrected chi connectivity index (χ2v) is 9.90. The van der Waals surface area contributed by atoms with Crippen molar-refractivity contribution in [3.05, 3.63) is 41.7 Å². The number of fused-ring (bicyclic) bond motifs is 1. The van der Waals surface area contributed by atoms with Gasteiger partial charge in [0.25, 0.3) is 5.91 Å². The zero-order valence-corrected chi connectivity index (χ0v) is 18.0. The summed E-state index contributed by atoms with van der Waals surface area (Å²) in [5, 5.41) is 3.02. The molecule has 0 spiro atoms. The van der Waals surface area contributed by atoms with Gasteiger partial charge in [0.05, 0.1) is 6.04 Å². The SMILES string of the molecule is CC(C)[C@@H](NC(=O)c1cc(S(=O)(=O)N2CCCC2)c[nH]1)c1ccc2c(c1)OCCO2. The van der Waals surface area contributed by atoms with Gasteiger partial charge < -0.3 is 19.8 Å². The first-order valence-corrected chi connectivity index (χ1v) is 11.7. The van der Waals surface area contributed by atoms with Crippen molar-refractivity contribution >= 4 is 15.9 Å². The summed E-state index contributed by atoms with van der Waals surface area (Å²) >= 11 is 0. The molecule has 0 bridgehead atoms. The van der Waals surface area contributed by atoms with Gasteiger partial charge in [0.15, 0.2) is 11.5 Å². The Morgan fingerprint density at radius 1 is 1.10 bits per heavy atom. The Bertz CT molecular complexity index is 1030. The van der Waals surface area contributed by atoms with Crippen LogP contribution in [0, 0.1) is 5.92 Å². The minimum atomic E-state index is -3.57. The minimum absolute atomic E-state index is 0.110. The van der Waals surface area contributed by atoms with E-state index < -0.39 is 10.0 Å². The number of H-pyrrole nitrogens is 1. The lowest BCUT2D eigenvalue weighted by Crippen LogP contribution is -2.32. The number of carbonyl (C=O) groups excluding carboxylic acids is 1. The molecule has 162 valence electrons. The third kappa shape index (κ3) is 4.04. The average molecular weight is 434 g/mol. The highest BCUT2D eigenvalue weighted by molar-refractivity contribution is 7.89. The summed E-state index contributed by atoms with van der Waals surface area (Å²) in [5.74, 6) is 1.11. The maximum absolute atomic E-state index is 12.9. The molecule has 2 aliphatic heterocycles. The first-order valence-electron chi connectivity index (χ1n) is 10.3. The van der Waals surface area contributed by atoms with Gasteiger partial charge in [-0.2, -0.15) is 4.31 Å². The molecule has 2 aliphatic rings. The normalized spacial score (nSPS) is 17.8. The highest BCUT2D eigenvalue weighted by Crippen LogP contribution is 2.34. The van der Waals surface area contributed by atoms with E-state index in [9.17, 15) is 13.2 Å². The van der Waals surface area contributed by atoms with Crippen molar-refractivity contribution in [2.45, 2.75) is 37.6 Å². The molecule has 1 amide bonds. The second kappa shape index (κ2) is 8.31. The van der Waals surface area contributed by atoms with Crippen molar-refractivity contribution in [1.29, 1.82) is 0 Å². The summed E-state index contributed by atoms with van der Waals surface area (Å²) in [4.78, 5) is 15.8. The van der Waals surface area contributed by atoms with Crippen LogP contribution in [-0.4, -0.2) is 49.9 Å². The van der Waals surface area contributed by atoms with Crippen molar-refractivity contribution in [2.24, 2.45) is 5.92 Å². The van der Waals surface area contributed by atoms with Gasteiger partial charge in [0.2, 0.25) is 10.0 Å². The Morgan fingerprint density at radius 3 is 2.50 bits per heavy atom. The van der Waals surface area contributed by atoms with E-state index in [0.29, 0.717) is 37.8 Å². The van der Waals surface area contributed by atoms with E-state index in [2.05, 4.69) is 10.3 Å². The van der Waals surface area contributed by atoms with Crippen LogP contribution >= 0.6 is 0 Å². The third-order valence-electron chi connectivity index (χ3n) is 5.48. The molecule has 3 heterocycles. The molecule has 8 nitrogen and oxygen atoms in total. The van der Waals surface area contributed by atoms with Crippen molar-refractivity contribution in [3.8, 4) is 11.5 Å². The molecule has 1 atom stereocenters. The van der Waals surface area contributed by atoms with Crippen LogP contribution in [0.25, 0.3) is 0 Å². The fraction of sp³-hybridized carbons (Fsp3) is 0.476. The third-order valence-corrected chi connectivity index (χ3v) is 7.36. The van der Waals surface area contributed by atoms with Gasteiger partial charge in [-0.3, -0.25) is 4.79 Å². The van der Waals surface area contributed by atoms with Crippen LogP contribution in [0.3, 0.4) is 0 Å². The van der Waals surface area contributed by atoms with Crippen LogP contribution in [0.2, 0.25) is 0 Å². The van der Waals surface area contributed by atoms with Crippen LogP contribution in [0.4, 0.5) is 0 Å². The molecule has 1 aromatic carbocycles. The summed E-state index contributed by atoms with van der Waals surface area (Å²) in [6, 6.07) is 6.79. The summed E-state index contributed by atoms with van der Waals surface area (Å²) in [6.45, 7) is 6.08. The van der Waals surface area contributed by atoms with E-state index in [1.807, 2.05) is 32.0 Å². The molecule has 0 aliphatic carbocycles. The Morgan fingerprint density at radius 2 is 1.80 bits per heavy atom. The van der Waals surface area contributed by atoms with Crippen molar-refractivity contribution in [1.82, 2.24) is 14.6 Å². The quantitative estimate of drug-likeness (QED) is 0.730. The maximum Gasteiger partial charge on any atom is 0.268 e. The number of ether oxygens (including phenoxy) is 2. The lowest BCUT2D eigenvalue weighted by atomic mass is 9.95. The van der Waals surface area contributed by atoms with Crippen molar-refractivity contribution in [2.75, 3.05) is 26.3 Å². The van der Waals surface area contributed by atoms with Gasteiger partial charge in [-0.05, 0) is 42.5 Å². The van der Waals surface area contributed by atoms with Crippen LogP contribution in [-0.2, 0) is 10.0 Å². The Hall–Kier alpha value is -2.52. The number of aromatic amines is 1. The van der Waals surface area contributed by atoms with E-state index in [1.54, 1.807) is 0 Å². The fourth-order valence-corrected chi connectivity index (χ4v) is 5.35. The number of hydrogen-bond acceptors (Lipinski definition) is 5. The molecule has 0 saturated carbocycles. The molecule has 4 rings (SSSR count).